The van der Waals surface area contributed by atoms with Gasteiger partial charge in [-0.05, 0) is 11.4 Å². The Bertz CT molecular complexity index is 504. The van der Waals surface area contributed by atoms with Gasteiger partial charge in [-0.2, -0.15) is 5.26 Å². The van der Waals surface area contributed by atoms with E-state index in [0.717, 1.165) is 32.0 Å². The Labute approximate surface area is 103 Å². The summed E-state index contributed by atoms with van der Waals surface area (Å²) in [5.41, 5.74) is 0.294. The third kappa shape index (κ3) is 1.92. The molecule has 2 fully saturated rings. The maximum atomic E-state index is 12.2. The quantitative estimate of drug-likeness (QED) is 0.347. The molecule has 17 heavy (non-hydrogen) atoms. The Morgan fingerprint density at radius 1 is 1.29 bits per heavy atom. The molecule has 0 saturated carbocycles. The van der Waals surface area contributed by atoms with Crippen molar-refractivity contribution in [3.63, 3.8) is 0 Å². The van der Waals surface area contributed by atoms with E-state index in [2.05, 4.69) is 15.9 Å². The summed E-state index contributed by atoms with van der Waals surface area (Å²) >= 11 is 1.38. The number of nitriles is 1. The van der Waals surface area contributed by atoms with Gasteiger partial charge in [0, 0.05) is 26.2 Å². The first kappa shape index (κ1) is 10.4. The van der Waals surface area contributed by atoms with E-state index in [9.17, 15) is 10.1 Å². The van der Waals surface area contributed by atoms with Crippen LogP contribution in [-0.2, 0) is 0 Å². The minimum Gasteiger partial charge on any atom is -0.354 e. The lowest BCUT2D eigenvalue weighted by Crippen LogP contribution is -2.15. The van der Waals surface area contributed by atoms with Crippen LogP contribution in [0.1, 0.15) is 9.67 Å². The van der Waals surface area contributed by atoms with Crippen molar-refractivity contribution in [2.75, 3.05) is 26.2 Å². The van der Waals surface area contributed by atoms with E-state index in [4.69, 9.17) is 0 Å². The Balaban J connectivity index is 1.99. The van der Waals surface area contributed by atoms with Crippen LogP contribution in [-0.4, -0.2) is 41.8 Å². The molecule has 0 radical (unpaired) electrons. The summed E-state index contributed by atoms with van der Waals surface area (Å²) < 4.78 is 0. The van der Waals surface area contributed by atoms with Crippen LogP contribution in [0.15, 0.2) is 28.9 Å². The fraction of sp³-hybridized carbons (Fsp3) is 0.333. The van der Waals surface area contributed by atoms with Crippen molar-refractivity contribution in [3.8, 4) is 6.07 Å². The number of thiophene rings is 1. The number of rotatable bonds is 4. The molecule has 2 aliphatic heterocycles. The smallest absolute Gasteiger partial charge is 0.217 e. The summed E-state index contributed by atoms with van der Waals surface area (Å²) in [5.74, 6) is 0.696. The van der Waals surface area contributed by atoms with Gasteiger partial charge >= 0.3 is 0 Å². The number of carbonyl (C=O) groups excluding carboxylic acids is 1. The first-order chi connectivity index (χ1) is 8.31. The van der Waals surface area contributed by atoms with Crippen LogP contribution in [0.5, 0.6) is 0 Å². The number of ketones is 1. The monoisotopic (exact) mass is 245 g/mol. The lowest BCUT2D eigenvalue weighted by molar-refractivity contribution is 0.103. The summed E-state index contributed by atoms with van der Waals surface area (Å²) in [7, 11) is 0. The Morgan fingerprint density at radius 2 is 1.94 bits per heavy atom. The van der Waals surface area contributed by atoms with E-state index in [1.54, 1.807) is 6.07 Å². The fourth-order valence-electron chi connectivity index (χ4n) is 1.77. The molecule has 2 aliphatic rings. The van der Waals surface area contributed by atoms with Gasteiger partial charge in [0.2, 0.25) is 5.78 Å². The molecule has 2 saturated heterocycles. The zero-order chi connectivity index (χ0) is 11.8. The highest BCUT2D eigenvalue weighted by Crippen LogP contribution is 2.29. The van der Waals surface area contributed by atoms with E-state index in [-0.39, 0.29) is 5.78 Å². The molecule has 5 heteroatoms. The van der Waals surface area contributed by atoms with Gasteiger partial charge in [0.15, 0.2) is 0 Å². The van der Waals surface area contributed by atoms with Gasteiger partial charge in [-0.3, -0.25) is 4.79 Å². The zero-order valence-corrected chi connectivity index (χ0v) is 10.0. The fourth-order valence-corrected chi connectivity index (χ4v) is 2.44. The molecule has 0 aliphatic carbocycles. The van der Waals surface area contributed by atoms with E-state index < -0.39 is 0 Å². The number of allylic oxidation sites excluding steroid dienone is 1. The standard InChI is InChI=1S/C12H11N3OS/c13-8-9(11(16)10-2-1-7-17-10)12(14-3-4-14)15-5-6-15/h1-2,7H,3-6H2. The highest BCUT2D eigenvalue weighted by Gasteiger charge is 2.35. The Morgan fingerprint density at radius 3 is 2.35 bits per heavy atom. The molecule has 0 bridgehead atoms. The molecular formula is C12H11N3OS. The maximum absolute atomic E-state index is 12.2. The summed E-state index contributed by atoms with van der Waals surface area (Å²) in [6.07, 6.45) is 0. The van der Waals surface area contributed by atoms with Gasteiger partial charge in [-0.15, -0.1) is 11.3 Å². The Hall–Kier alpha value is -1.80. The van der Waals surface area contributed by atoms with Gasteiger partial charge in [-0.25, -0.2) is 0 Å². The van der Waals surface area contributed by atoms with Crippen molar-refractivity contribution in [1.29, 1.82) is 5.26 Å². The van der Waals surface area contributed by atoms with Crippen LogP contribution >= 0.6 is 11.3 Å². The van der Waals surface area contributed by atoms with Crippen LogP contribution in [0.4, 0.5) is 0 Å². The SMILES string of the molecule is N#CC(C(=O)c1cccs1)=C(N1CC1)N1CC1. The molecule has 0 N–H and O–H groups in total. The lowest BCUT2D eigenvalue weighted by Gasteiger charge is -2.12. The van der Waals surface area contributed by atoms with Gasteiger partial charge in [0.1, 0.15) is 17.5 Å². The van der Waals surface area contributed by atoms with Crippen LogP contribution in [0, 0.1) is 11.3 Å². The maximum Gasteiger partial charge on any atom is 0.217 e. The van der Waals surface area contributed by atoms with Crippen LogP contribution in [0.2, 0.25) is 0 Å². The molecule has 4 nitrogen and oxygen atoms in total. The third-order valence-electron chi connectivity index (χ3n) is 2.80. The Kier molecular flexibility index (Phi) is 2.37. The first-order valence-corrected chi connectivity index (χ1v) is 6.41. The summed E-state index contributed by atoms with van der Waals surface area (Å²) in [5, 5.41) is 11.1. The summed E-state index contributed by atoms with van der Waals surface area (Å²) in [6.45, 7) is 3.81. The normalized spacial score (nSPS) is 16.4. The second-order valence-electron chi connectivity index (χ2n) is 4.09. The van der Waals surface area contributed by atoms with Crippen molar-refractivity contribution in [1.82, 2.24) is 9.80 Å². The van der Waals surface area contributed by atoms with Crippen molar-refractivity contribution in [2.45, 2.75) is 0 Å². The van der Waals surface area contributed by atoms with Crippen LogP contribution < -0.4 is 0 Å². The average molecular weight is 245 g/mol. The predicted molar refractivity (Wildman–Crippen MR) is 64.4 cm³/mol. The minimum atomic E-state index is -0.142. The van der Waals surface area contributed by atoms with Crippen molar-refractivity contribution in [2.24, 2.45) is 0 Å². The topological polar surface area (TPSA) is 46.9 Å². The van der Waals surface area contributed by atoms with Crippen LogP contribution in [0.25, 0.3) is 0 Å². The summed E-state index contributed by atoms with van der Waals surface area (Å²) in [6, 6.07) is 5.69. The lowest BCUT2D eigenvalue weighted by atomic mass is 10.1. The molecule has 0 unspecified atom stereocenters. The number of nitrogens with zero attached hydrogens (tertiary/aromatic N) is 3. The van der Waals surface area contributed by atoms with E-state index in [1.165, 1.54) is 11.3 Å². The summed E-state index contributed by atoms with van der Waals surface area (Å²) in [4.78, 5) is 17.0. The molecule has 0 spiro atoms. The van der Waals surface area contributed by atoms with E-state index in [1.807, 2.05) is 11.4 Å². The molecule has 86 valence electrons. The van der Waals surface area contributed by atoms with Crippen molar-refractivity contribution in [3.05, 3.63) is 33.8 Å². The van der Waals surface area contributed by atoms with E-state index >= 15 is 0 Å². The second-order valence-corrected chi connectivity index (χ2v) is 5.04. The molecule has 0 amide bonds. The molecule has 3 heterocycles. The molecule has 1 aromatic heterocycles. The van der Waals surface area contributed by atoms with E-state index in [0.29, 0.717) is 10.5 Å². The number of Topliss-reactive ketones (excluding diaryl/α,β-unsaturated/α-hetero) is 1. The number of hydrogen-bond donors (Lipinski definition) is 0. The number of carbonyl (C=O) groups is 1. The highest BCUT2D eigenvalue weighted by atomic mass is 32.1. The largest absolute Gasteiger partial charge is 0.354 e. The first-order valence-electron chi connectivity index (χ1n) is 5.54. The number of hydrogen-bond acceptors (Lipinski definition) is 5. The van der Waals surface area contributed by atoms with Crippen molar-refractivity contribution < 1.29 is 4.79 Å². The zero-order valence-electron chi connectivity index (χ0n) is 9.22. The molecule has 3 rings (SSSR count). The van der Waals surface area contributed by atoms with Crippen molar-refractivity contribution >= 4 is 17.1 Å². The van der Waals surface area contributed by atoms with Gasteiger partial charge in [0.25, 0.3) is 0 Å². The minimum absolute atomic E-state index is 0.142. The van der Waals surface area contributed by atoms with Crippen LogP contribution in [0.3, 0.4) is 0 Å². The highest BCUT2D eigenvalue weighted by molar-refractivity contribution is 7.12. The second kappa shape index (κ2) is 3.90. The van der Waals surface area contributed by atoms with Gasteiger partial charge in [-0.1, -0.05) is 6.07 Å². The molecule has 0 atom stereocenters. The average Bonchev–Trinajstić information content (AvgIpc) is 3.26. The molecule has 1 aromatic rings. The predicted octanol–water partition coefficient (Wildman–Crippen LogP) is 1.30. The molecule has 0 aromatic carbocycles. The van der Waals surface area contributed by atoms with Gasteiger partial charge in [0.05, 0.1) is 4.88 Å². The third-order valence-corrected chi connectivity index (χ3v) is 3.67. The van der Waals surface area contributed by atoms with Gasteiger partial charge < -0.3 is 9.80 Å². The molecular weight excluding hydrogens is 234 g/mol.